The Morgan fingerprint density at radius 1 is 1.10 bits per heavy atom. The Morgan fingerprint density at radius 3 is 2.16 bits per heavy atom. The molecule has 1 rings (SSSR count). The van der Waals surface area contributed by atoms with Gasteiger partial charge in [0.2, 0.25) is 17.7 Å². The summed E-state index contributed by atoms with van der Waals surface area (Å²) in [5.41, 5.74) is 6.27. The Hall–Kier alpha value is -2.64. The van der Waals surface area contributed by atoms with Crippen molar-refractivity contribution in [2.24, 2.45) is 11.7 Å². The molecule has 1 heterocycles. The van der Waals surface area contributed by atoms with Crippen LogP contribution in [0.5, 0.6) is 0 Å². The average molecular weight is 459 g/mol. The molecule has 3 amide bonds. The maximum absolute atomic E-state index is 12.5. The molecule has 0 aliphatic carbocycles. The zero-order chi connectivity index (χ0) is 23.6. The fourth-order valence-corrected chi connectivity index (χ4v) is 2.90. The number of aliphatic carboxylic acids is 1. The fourth-order valence-electron chi connectivity index (χ4n) is 2.64. The van der Waals surface area contributed by atoms with Crippen molar-refractivity contribution >= 4 is 36.3 Å². The molecule has 0 aliphatic heterocycles. The normalized spacial score (nSPS) is 14.9. The fraction of sp³-hybridized carbons (Fsp3) is 0.611. The summed E-state index contributed by atoms with van der Waals surface area (Å²) >= 11 is 4.02. The van der Waals surface area contributed by atoms with Gasteiger partial charge in [-0.05, 0) is 12.3 Å². The predicted octanol–water partition coefficient (Wildman–Crippen LogP) is -2.21. The van der Waals surface area contributed by atoms with Gasteiger partial charge in [0.05, 0.1) is 19.0 Å². The highest BCUT2D eigenvalue weighted by molar-refractivity contribution is 7.80. The minimum absolute atomic E-state index is 0.0443. The van der Waals surface area contributed by atoms with Crippen molar-refractivity contribution in [1.29, 1.82) is 0 Å². The Labute approximate surface area is 185 Å². The predicted molar refractivity (Wildman–Crippen MR) is 114 cm³/mol. The first kappa shape index (κ1) is 26.4. The molecular formula is C18H30N6O6S. The van der Waals surface area contributed by atoms with Crippen molar-refractivity contribution in [2.45, 2.75) is 50.9 Å². The lowest BCUT2D eigenvalue weighted by atomic mass is 10.0. The molecule has 0 radical (unpaired) electrons. The van der Waals surface area contributed by atoms with Gasteiger partial charge in [0.25, 0.3) is 0 Å². The second-order valence-electron chi connectivity index (χ2n) is 7.40. The van der Waals surface area contributed by atoms with Gasteiger partial charge in [-0.15, -0.1) is 0 Å². The maximum atomic E-state index is 12.5. The lowest BCUT2D eigenvalue weighted by molar-refractivity contribution is -0.142. The summed E-state index contributed by atoms with van der Waals surface area (Å²) in [4.78, 5) is 55.0. The Morgan fingerprint density at radius 2 is 1.68 bits per heavy atom. The summed E-state index contributed by atoms with van der Waals surface area (Å²) < 4.78 is 0. The molecule has 31 heavy (non-hydrogen) atoms. The number of thiol groups is 1. The van der Waals surface area contributed by atoms with Gasteiger partial charge in [0.15, 0.2) is 0 Å². The van der Waals surface area contributed by atoms with Crippen LogP contribution in [0.3, 0.4) is 0 Å². The molecule has 0 aliphatic rings. The van der Waals surface area contributed by atoms with Crippen LogP contribution in [0.1, 0.15) is 26.0 Å². The number of aliphatic hydroxyl groups excluding tert-OH is 1. The third-order valence-electron chi connectivity index (χ3n) is 4.29. The van der Waals surface area contributed by atoms with Crippen molar-refractivity contribution in [3.05, 3.63) is 18.2 Å². The van der Waals surface area contributed by atoms with Crippen LogP contribution in [0, 0.1) is 5.92 Å². The zero-order valence-electron chi connectivity index (χ0n) is 17.4. The third-order valence-corrected chi connectivity index (χ3v) is 4.65. The summed E-state index contributed by atoms with van der Waals surface area (Å²) in [7, 11) is 0. The molecule has 0 spiro atoms. The number of aliphatic hydroxyl groups is 1. The van der Waals surface area contributed by atoms with Crippen LogP contribution in [0.2, 0.25) is 0 Å². The van der Waals surface area contributed by atoms with Gasteiger partial charge in [-0.1, -0.05) is 13.8 Å². The molecule has 12 nitrogen and oxygen atoms in total. The minimum Gasteiger partial charge on any atom is -0.480 e. The maximum Gasteiger partial charge on any atom is 0.326 e. The number of hydrogen-bond donors (Lipinski definition) is 8. The van der Waals surface area contributed by atoms with Crippen molar-refractivity contribution < 1.29 is 29.4 Å². The van der Waals surface area contributed by atoms with Gasteiger partial charge in [-0.25, -0.2) is 9.78 Å². The van der Waals surface area contributed by atoms with Crippen LogP contribution in [0.4, 0.5) is 0 Å². The Balaban J connectivity index is 2.72. The highest BCUT2D eigenvalue weighted by atomic mass is 32.1. The minimum atomic E-state index is -1.33. The molecule has 0 aromatic carbocycles. The number of H-pyrrole nitrogens is 1. The number of imidazole rings is 1. The van der Waals surface area contributed by atoms with E-state index in [9.17, 15) is 29.4 Å². The Kier molecular flexibility index (Phi) is 11.0. The summed E-state index contributed by atoms with van der Waals surface area (Å²) in [5, 5.41) is 25.8. The van der Waals surface area contributed by atoms with E-state index < -0.39 is 54.5 Å². The van der Waals surface area contributed by atoms with E-state index in [-0.39, 0.29) is 18.1 Å². The Bertz CT molecular complexity index is 744. The van der Waals surface area contributed by atoms with E-state index in [1.54, 1.807) is 0 Å². The summed E-state index contributed by atoms with van der Waals surface area (Å²) in [6.45, 7) is 3.05. The molecule has 0 saturated heterocycles. The van der Waals surface area contributed by atoms with E-state index in [0.717, 1.165) is 0 Å². The summed E-state index contributed by atoms with van der Waals surface area (Å²) in [6, 6.07) is -4.66. The summed E-state index contributed by atoms with van der Waals surface area (Å²) in [5.74, 6) is -3.49. The third kappa shape index (κ3) is 8.94. The number of nitrogens with one attached hydrogen (secondary N) is 4. The number of hydrogen-bond acceptors (Lipinski definition) is 8. The second-order valence-corrected chi connectivity index (χ2v) is 7.77. The van der Waals surface area contributed by atoms with Crippen molar-refractivity contribution in [1.82, 2.24) is 25.9 Å². The largest absolute Gasteiger partial charge is 0.480 e. The number of carbonyl (C=O) groups is 4. The van der Waals surface area contributed by atoms with Crippen molar-refractivity contribution in [3.63, 3.8) is 0 Å². The first-order valence-electron chi connectivity index (χ1n) is 9.67. The molecule has 8 N–H and O–H groups in total. The first-order valence-corrected chi connectivity index (χ1v) is 10.3. The number of carboxylic acid groups (broad SMARTS) is 1. The van der Waals surface area contributed by atoms with Crippen LogP contribution in [-0.4, -0.2) is 80.4 Å². The molecule has 0 saturated carbocycles. The molecule has 4 unspecified atom stereocenters. The van der Waals surface area contributed by atoms with E-state index in [4.69, 9.17) is 5.73 Å². The monoisotopic (exact) mass is 458 g/mol. The first-order chi connectivity index (χ1) is 14.6. The van der Waals surface area contributed by atoms with Gasteiger partial charge >= 0.3 is 5.97 Å². The second kappa shape index (κ2) is 12.9. The summed E-state index contributed by atoms with van der Waals surface area (Å²) in [6.07, 6.45) is 3.15. The van der Waals surface area contributed by atoms with Gasteiger partial charge < -0.3 is 36.9 Å². The number of carbonyl (C=O) groups excluding carboxylic acids is 3. The molecule has 174 valence electrons. The van der Waals surface area contributed by atoms with Crippen molar-refractivity contribution in [3.8, 4) is 0 Å². The van der Waals surface area contributed by atoms with Crippen LogP contribution in [0.15, 0.2) is 12.5 Å². The molecule has 1 aromatic heterocycles. The van der Waals surface area contributed by atoms with Crippen LogP contribution < -0.4 is 21.7 Å². The molecular weight excluding hydrogens is 428 g/mol. The van der Waals surface area contributed by atoms with Crippen molar-refractivity contribution in [2.75, 3.05) is 12.4 Å². The molecule has 1 aromatic rings. The van der Waals surface area contributed by atoms with E-state index >= 15 is 0 Å². The van der Waals surface area contributed by atoms with Gasteiger partial charge in [-0.2, -0.15) is 12.6 Å². The number of aromatic amines is 1. The van der Waals surface area contributed by atoms with E-state index in [2.05, 4.69) is 38.5 Å². The van der Waals surface area contributed by atoms with Gasteiger partial charge in [0, 0.05) is 24.1 Å². The van der Waals surface area contributed by atoms with E-state index in [1.165, 1.54) is 12.5 Å². The number of rotatable bonds is 13. The number of nitrogens with two attached hydrogens (primary N) is 1. The van der Waals surface area contributed by atoms with E-state index in [0.29, 0.717) is 12.1 Å². The lowest BCUT2D eigenvalue weighted by Crippen LogP contribution is -2.58. The van der Waals surface area contributed by atoms with Crippen LogP contribution >= 0.6 is 12.6 Å². The zero-order valence-corrected chi connectivity index (χ0v) is 18.3. The number of carboxylic acids is 1. The molecule has 4 atom stereocenters. The SMILES string of the molecule is CC(C)CC(N)C(=O)NC(CO)C(=O)NC(CS)C(=O)NC(Cc1cnc[nH]1)C(=O)O. The number of nitrogens with zero attached hydrogens (tertiary/aromatic N) is 1. The number of amides is 3. The molecule has 0 fully saturated rings. The topological polar surface area (TPSA) is 200 Å². The standard InChI is InChI=1S/C18H30N6O6S/c1-9(2)3-11(19)15(26)23-13(6-25)16(27)24-14(7-31)17(28)22-12(18(29)30)4-10-5-20-8-21-10/h5,8-9,11-14,25,31H,3-4,6-7,19H2,1-2H3,(H,20,21)(H,22,28)(H,23,26)(H,24,27)(H,29,30). The van der Waals surface area contributed by atoms with Gasteiger partial charge in [0.1, 0.15) is 18.1 Å². The number of aromatic nitrogens is 2. The van der Waals surface area contributed by atoms with E-state index in [1.807, 2.05) is 13.8 Å². The smallest absolute Gasteiger partial charge is 0.326 e. The van der Waals surface area contributed by atoms with Crippen LogP contribution in [-0.2, 0) is 25.6 Å². The quantitative estimate of drug-likeness (QED) is 0.152. The lowest BCUT2D eigenvalue weighted by Gasteiger charge is -2.23. The van der Waals surface area contributed by atoms with Gasteiger partial charge in [-0.3, -0.25) is 14.4 Å². The molecule has 13 heteroatoms. The van der Waals surface area contributed by atoms with Crippen LogP contribution in [0.25, 0.3) is 0 Å². The average Bonchev–Trinajstić information content (AvgIpc) is 3.21. The highest BCUT2D eigenvalue weighted by Gasteiger charge is 2.29. The highest BCUT2D eigenvalue weighted by Crippen LogP contribution is 2.04. The molecule has 0 bridgehead atoms.